The summed E-state index contributed by atoms with van der Waals surface area (Å²) in [7, 11) is 0. The van der Waals surface area contributed by atoms with Crippen molar-refractivity contribution in [3.63, 3.8) is 0 Å². The Bertz CT molecular complexity index is 437. The molecule has 4 N–H and O–H groups in total. The van der Waals surface area contributed by atoms with Crippen LogP contribution in [0.3, 0.4) is 0 Å². The molecule has 0 bridgehead atoms. The number of hydrogen-bond donors (Lipinski definition) is 3. The summed E-state index contributed by atoms with van der Waals surface area (Å²) in [6.45, 7) is 0.856. The maximum atomic E-state index is 8.58. The molecule has 18 heavy (non-hydrogen) atoms. The lowest BCUT2D eigenvalue weighted by molar-refractivity contribution is 0.318. The van der Waals surface area contributed by atoms with Gasteiger partial charge in [0.2, 0.25) is 0 Å². The van der Waals surface area contributed by atoms with Crippen LogP contribution < -0.4 is 11.1 Å². The third-order valence-corrected chi connectivity index (χ3v) is 3.22. The molecule has 0 spiro atoms. The van der Waals surface area contributed by atoms with E-state index < -0.39 is 0 Å². The van der Waals surface area contributed by atoms with Crippen LogP contribution in [0.15, 0.2) is 41.6 Å². The summed E-state index contributed by atoms with van der Waals surface area (Å²) in [6, 6.07) is 8.32. The van der Waals surface area contributed by atoms with Crippen LogP contribution in [-0.4, -0.2) is 17.1 Å². The molecule has 0 heterocycles. The first-order chi connectivity index (χ1) is 8.79. The molecular formula is C14H19N3O. The van der Waals surface area contributed by atoms with Crippen molar-refractivity contribution < 1.29 is 5.21 Å². The Labute approximate surface area is 107 Å². The first kappa shape index (κ1) is 12.6. The van der Waals surface area contributed by atoms with Crippen LogP contribution in [-0.2, 0) is 6.54 Å². The van der Waals surface area contributed by atoms with E-state index in [4.69, 9.17) is 10.9 Å². The lowest BCUT2D eigenvalue weighted by Crippen LogP contribution is -2.29. The zero-order valence-corrected chi connectivity index (χ0v) is 10.3. The smallest absolute Gasteiger partial charge is 0.170 e. The Hall–Kier alpha value is -1.81. The van der Waals surface area contributed by atoms with Gasteiger partial charge in [0.1, 0.15) is 0 Å². The summed E-state index contributed by atoms with van der Waals surface area (Å²) in [4.78, 5) is 0. The van der Waals surface area contributed by atoms with Gasteiger partial charge in [-0.2, -0.15) is 0 Å². The van der Waals surface area contributed by atoms with E-state index in [1.54, 1.807) is 0 Å². The predicted octanol–water partition coefficient (Wildman–Crippen LogP) is 1.98. The van der Waals surface area contributed by atoms with Gasteiger partial charge in [0.25, 0.3) is 0 Å². The second kappa shape index (κ2) is 6.21. The first-order valence-corrected chi connectivity index (χ1v) is 6.25. The van der Waals surface area contributed by atoms with Gasteiger partial charge < -0.3 is 16.3 Å². The molecule has 0 amide bonds. The molecule has 0 aromatic heterocycles. The van der Waals surface area contributed by atoms with Crippen molar-refractivity contribution in [2.75, 3.05) is 0 Å². The lowest BCUT2D eigenvalue weighted by Gasteiger charge is -2.19. The van der Waals surface area contributed by atoms with Crippen LogP contribution in [0.4, 0.5) is 0 Å². The number of nitrogens with two attached hydrogens (primary N) is 1. The molecule has 0 saturated heterocycles. The van der Waals surface area contributed by atoms with Crippen molar-refractivity contribution >= 4 is 5.84 Å². The van der Waals surface area contributed by atoms with Gasteiger partial charge in [-0.1, -0.05) is 41.6 Å². The maximum absolute atomic E-state index is 8.58. The minimum atomic E-state index is 0.145. The van der Waals surface area contributed by atoms with E-state index in [-0.39, 0.29) is 5.84 Å². The Morgan fingerprint density at radius 2 is 2.11 bits per heavy atom. The summed E-state index contributed by atoms with van der Waals surface area (Å²) in [5.74, 6) is 0.145. The van der Waals surface area contributed by atoms with Gasteiger partial charge >= 0.3 is 0 Å². The Balaban J connectivity index is 1.88. The highest BCUT2D eigenvalue weighted by Gasteiger charge is 2.08. The molecular weight excluding hydrogens is 226 g/mol. The summed E-state index contributed by atoms with van der Waals surface area (Å²) >= 11 is 0. The summed E-state index contributed by atoms with van der Waals surface area (Å²) in [5.41, 5.74) is 7.46. The zero-order valence-electron chi connectivity index (χ0n) is 10.3. The fraction of sp³-hybridized carbons (Fsp3) is 0.357. The Morgan fingerprint density at radius 3 is 2.72 bits per heavy atom. The highest BCUT2D eigenvalue weighted by molar-refractivity contribution is 5.96. The quantitative estimate of drug-likeness (QED) is 0.250. The van der Waals surface area contributed by atoms with Crippen LogP contribution in [0.5, 0.6) is 0 Å². The monoisotopic (exact) mass is 245 g/mol. The molecule has 0 radical (unpaired) electrons. The van der Waals surface area contributed by atoms with Crippen LogP contribution >= 0.6 is 0 Å². The fourth-order valence-electron chi connectivity index (χ4n) is 2.09. The zero-order chi connectivity index (χ0) is 12.8. The molecule has 1 aromatic carbocycles. The van der Waals surface area contributed by atoms with Gasteiger partial charge in [-0.3, -0.25) is 0 Å². The Kier molecular flexibility index (Phi) is 4.36. The van der Waals surface area contributed by atoms with Crippen molar-refractivity contribution in [1.82, 2.24) is 5.32 Å². The van der Waals surface area contributed by atoms with Gasteiger partial charge in [0.05, 0.1) is 0 Å². The van der Waals surface area contributed by atoms with E-state index in [2.05, 4.69) is 22.6 Å². The summed E-state index contributed by atoms with van der Waals surface area (Å²) in [5, 5.41) is 15.1. The summed E-state index contributed by atoms with van der Waals surface area (Å²) in [6.07, 6.45) is 7.97. The van der Waals surface area contributed by atoms with Gasteiger partial charge in [0, 0.05) is 18.2 Å². The number of benzene rings is 1. The number of nitrogens with zero attached hydrogens (tertiary/aromatic N) is 1. The van der Waals surface area contributed by atoms with E-state index in [1.807, 2.05) is 24.3 Å². The van der Waals surface area contributed by atoms with Gasteiger partial charge in [-0.05, 0) is 24.8 Å². The second-order valence-corrected chi connectivity index (χ2v) is 4.54. The lowest BCUT2D eigenvalue weighted by atomic mass is 10.0. The molecule has 4 heteroatoms. The van der Waals surface area contributed by atoms with E-state index in [0.717, 1.165) is 18.5 Å². The second-order valence-electron chi connectivity index (χ2n) is 4.54. The number of hydrogen-bond acceptors (Lipinski definition) is 3. The predicted molar refractivity (Wildman–Crippen MR) is 72.6 cm³/mol. The molecule has 1 aromatic rings. The van der Waals surface area contributed by atoms with Crippen molar-refractivity contribution in [1.29, 1.82) is 0 Å². The molecule has 1 unspecified atom stereocenters. The van der Waals surface area contributed by atoms with Crippen molar-refractivity contribution in [2.45, 2.75) is 31.8 Å². The summed E-state index contributed by atoms with van der Waals surface area (Å²) < 4.78 is 0. The van der Waals surface area contributed by atoms with Crippen LogP contribution in [0.25, 0.3) is 0 Å². The molecule has 1 aliphatic rings. The van der Waals surface area contributed by atoms with Gasteiger partial charge in [0.15, 0.2) is 5.84 Å². The largest absolute Gasteiger partial charge is 0.409 e. The molecule has 1 aliphatic carbocycles. The third-order valence-electron chi connectivity index (χ3n) is 3.22. The Morgan fingerprint density at radius 1 is 1.33 bits per heavy atom. The highest BCUT2D eigenvalue weighted by Crippen LogP contribution is 2.11. The number of nitrogens with one attached hydrogen (secondary N) is 1. The molecule has 0 saturated carbocycles. The third kappa shape index (κ3) is 3.34. The van der Waals surface area contributed by atoms with Crippen LogP contribution in [0, 0.1) is 0 Å². The fourth-order valence-corrected chi connectivity index (χ4v) is 2.09. The normalized spacial score (nSPS) is 20.0. The van der Waals surface area contributed by atoms with E-state index in [9.17, 15) is 0 Å². The molecule has 0 fully saturated rings. The average Bonchev–Trinajstić information content (AvgIpc) is 2.46. The standard InChI is InChI=1S/C14H19N3O/c15-14(17-18)12-8-6-11(7-9-12)10-16-13-4-2-1-3-5-13/h1-2,6-9,13,16,18H,3-5,10H2,(H2,15,17). The van der Waals surface area contributed by atoms with E-state index in [1.165, 1.54) is 18.4 Å². The molecule has 96 valence electrons. The molecule has 1 atom stereocenters. The number of oxime groups is 1. The molecule has 4 nitrogen and oxygen atoms in total. The van der Waals surface area contributed by atoms with E-state index in [0.29, 0.717) is 6.04 Å². The van der Waals surface area contributed by atoms with E-state index >= 15 is 0 Å². The first-order valence-electron chi connectivity index (χ1n) is 6.25. The van der Waals surface area contributed by atoms with Crippen LogP contribution in [0.1, 0.15) is 30.4 Å². The van der Waals surface area contributed by atoms with Crippen molar-refractivity contribution in [3.8, 4) is 0 Å². The molecule has 0 aliphatic heterocycles. The highest BCUT2D eigenvalue weighted by atomic mass is 16.4. The average molecular weight is 245 g/mol. The van der Waals surface area contributed by atoms with Crippen molar-refractivity contribution in [3.05, 3.63) is 47.5 Å². The van der Waals surface area contributed by atoms with Gasteiger partial charge in [-0.25, -0.2) is 0 Å². The minimum Gasteiger partial charge on any atom is -0.409 e. The number of rotatable bonds is 4. The topological polar surface area (TPSA) is 70.6 Å². The maximum Gasteiger partial charge on any atom is 0.170 e. The molecule has 2 rings (SSSR count). The minimum absolute atomic E-state index is 0.145. The number of allylic oxidation sites excluding steroid dienone is 1. The van der Waals surface area contributed by atoms with Crippen molar-refractivity contribution in [2.24, 2.45) is 10.9 Å². The number of amidine groups is 1. The van der Waals surface area contributed by atoms with Crippen LogP contribution in [0.2, 0.25) is 0 Å². The SMILES string of the molecule is NC(=NO)c1ccc(CNC2CC=CCC2)cc1. The van der Waals surface area contributed by atoms with Gasteiger partial charge in [-0.15, -0.1) is 0 Å².